The SMILES string of the molecule is CNCCCCC(CC(C)=O)NC(=O)C(CCCCNC)NC=O. The maximum Gasteiger partial charge on any atom is 0.242 e. The van der Waals surface area contributed by atoms with Gasteiger partial charge in [-0.2, -0.15) is 0 Å². The third-order valence-corrected chi connectivity index (χ3v) is 3.86. The number of Topliss-reactive ketones (excluding diaryl/α,β-unsaturated/α-hetero) is 1. The van der Waals surface area contributed by atoms with Crippen molar-refractivity contribution in [2.24, 2.45) is 0 Å². The molecule has 0 aromatic heterocycles. The molecule has 0 aliphatic heterocycles. The number of hydrogen-bond acceptors (Lipinski definition) is 5. The third-order valence-electron chi connectivity index (χ3n) is 3.86. The standard InChI is InChI=1S/C17H34N4O3/c1-14(23)12-15(8-4-6-10-18-2)21-17(24)16(20-13-22)9-5-7-11-19-3/h13,15-16,18-19H,4-12H2,1-3H3,(H,20,22)(H,21,24). The summed E-state index contributed by atoms with van der Waals surface area (Å²) in [5.74, 6) is -0.144. The topological polar surface area (TPSA) is 99.3 Å². The maximum absolute atomic E-state index is 12.4. The van der Waals surface area contributed by atoms with E-state index in [1.165, 1.54) is 6.92 Å². The number of unbranched alkanes of at least 4 members (excludes halogenated alkanes) is 2. The molecular formula is C17H34N4O3. The van der Waals surface area contributed by atoms with Gasteiger partial charge in [0.15, 0.2) is 0 Å². The fourth-order valence-corrected chi connectivity index (χ4v) is 2.59. The fraction of sp³-hybridized carbons (Fsp3) is 0.824. The Morgan fingerprint density at radius 3 is 2.04 bits per heavy atom. The fourth-order valence-electron chi connectivity index (χ4n) is 2.59. The lowest BCUT2D eigenvalue weighted by molar-refractivity contribution is -0.126. The molecule has 0 aromatic rings. The number of rotatable bonds is 16. The average molecular weight is 342 g/mol. The van der Waals surface area contributed by atoms with Crippen LogP contribution in [0.25, 0.3) is 0 Å². The zero-order valence-corrected chi connectivity index (χ0v) is 15.3. The van der Waals surface area contributed by atoms with Crippen LogP contribution in [0.2, 0.25) is 0 Å². The van der Waals surface area contributed by atoms with Crippen LogP contribution in [0.3, 0.4) is 0 Å². The van der Waals surface area contributed by atoms with E-state index in [4.69, 9.17) is 0 Å². The molecule has 0 saturated carbocycles. The number of amides is 2. The Labute approximate surface area is 145 Å². The van der Waals surface area contributed by atoms with Crippen LogP contribution in [0, 0.1) is 0 Å². The maximum atomic E-state index is 12.4. The highest BCUT2D eigenvalue weighted by Crippen LogP contribution is 2.07. The van der Waals surface area contributed by atoms with Gasteiger partial charge in [0.25, 0.3) is 0 Å². The largest absolute Gasteiger partial charge is 0.351 e. The van der Waals surface area contributed by atoms with Crippen molar-refractivity contribution in [2.45, 2.75) is 64.0 Å². The normalized spacial score (nSPS) is 13.1. The van der Waals surface area contributed by atoms with Gasteiger partial charge in [-0.15, -0.1) is 0 Å². The molecule has 0 fully saturated rings. The Kier molecular flexibility index (Phi) is 14.2. The summed E-state index contributed by atoms with van der Waals surface area (Å²) in [6, 6.07) is -0.703. The second kappa shape index (κ2) is 15.1. The van der Waals surface area contributed by atoms with Gasteiger partial charge in [-0.3, -0.25) is 14.4 Å². The molecule has 0 bridgehead atoms. The Morgan fingerprint density at radius 1 is 0.958 bits per heavy atom. The predicted octanol–water partition coefficient (Wildman–Crippen LogP) is 0.344. The molecule has 7 nitrogen and oxygen atoms in total. The van der Waals surface area contributed by atoms with Gasteiger partial charge in [0, 0.05) is 12.5 Å². The van der Waals surface area contributed by atoms with E-state index in [9.17, 15) is 14.4 Å². The van der Waals surface area contributed by atoms with Crippen LogP contribution in [-0.4, -0.2) is 57.4 Å². The van der Waals surface area contributed by atoms with Gasteiger partial charge in [-0.25, -0.2) is 0 Å². The molecule has 7 heteroatoms. The van der Waals surface area contributed by atoms with Crippen LogP contribution in [0.15, 0.2) is 0 Å². The summed E-state index contributed by atoms with van der Waals surface area (Å²) in [5.41, 5.74) is 0. The Hall–Kier alpha value is -1.47. The molecule has 0 aliphatic rings. The molecule has 0 aliphatic carbocycles. The van der Waals surface area contributed by atoms with Gasteiger partial charge in [-0.1, -0.05) is 6.42 Å². The number of carbonyl (C=O) groups excluding carboxylic acids is 3. The molecule has 24 heavy (non-hydrogen) atoms. The Morgan fingerprint density at radius 2 is 1.54 bits per heavy atom. The Bertz CT molecular complexity index is 364. The van der Waals surface area contributed by atoms with E-state index in [1.54, 1.807) is 0 Å². The van der Waals surface area contributed by atoms with Gasteiger partial charge in [0.1, 0.15) is 11.8 Å². The molecule has 2 amide bonds. The molecule has 0 heterocycles. The summed E-state index contributed by atoms with van der Waals surface area (Å²) in [7, 11) is 3.78. The highest BCUT2D eigenvalue weighted by Gasteiger charge is 2.21. The van der Waals surface area contributed by atoms with E-state index in [0.29, 0.717) is 19.3 Å². The highest BCUT2D eigenvalue weighted by atomic mass is 16.2. The zero-order valence-electron chi connectivity index (χ0n) is 15.3. The highest BCUT2D eigenvalue weighted by molar-refractivity contribution is 5.84. The molecular weight excluding hydrogens is 308 g/mol. The third kappa shape index (κ3) is 12.0. The van der Waals surface area contributed by atoms with Gasteiger partial charge in [-0.05, 0) is 66.2 Å². The van der Waals surface area contributed by atoms with Crippen LogP contribution in [-0.2, 0) is 14.4 Å². The molecule has 0 spiro atoms. The lowest BCUT2D eigenvalue weighted by atomic mass is 10.0. The van der Waals surface area contributed by atoms with Crippen molar-refractivity contribution >= 4 is 18.1 Å². The first-order valence-electron chi connectivity index (χ1n) is 8.83. The number of hydrogen-bond donors (Lipinski definition) is 4. The van der Waals surface area contributed by atoms with Crippen molar-refractivity contribution in [2.75, 3.05) is 27.2 Å². The van der Waals surface area contributed by atoms with Crippen molar-refractivity contribution in [3.63, 3.8) is 0 Å². The smallest absolute Gasteiger partial charge is 0.242 e. The van der Waals surface area contributed by atoms with E-state index in [-0.39, 0.29) is 17.7 Å². The first kappa shape index (κ1) is 22.5. The van der Waals surface area contributed by atoms with Crippen LogP contribution in [0.1, 0.15) is 51.9 Å². The minimum Gasteiger partial charge on any atom is -0.351 e. The van der Waals surface area contributed by atoms with Crippen LogP contribution in [0.5, 0.6) is 0 Å². The molecule has 0 rings (SSSR count). The van der Waals surface area contributed by atoms with Crippen molar-refractivity contribution in [3.05, 3.63) is 0 Å². The van der Waals surface area contributed by atoms with Crippen LogP contribution in [0.4, 0.5) is 0 Å². The first-order valence-corrected chi connectivity index (χ1v) is 8.83. The monoisotopic (exact) mass is 342 g/mol. The van der Waals surface area contributed by atoms with E-state index >= 15 is 0 Å². The summed E-state index contributed by atoms with van der Waals surface area (Å²) in [5, 5.41) is 11.7. The summed E-state index contributed by atoms with van der Waals surface area (Å²) in [4.78, 5) is 34.6. The van der Waals surface area contributed by atoms with Crippen LogP contribution < -0.4 is 21.3 Å². The van der Waals surface area contributed by atoms with Crippen LogP contribution >= 0.6 is 0 Å². The second-order valence-electron chi connectivity index (χ2n) is 6.15. The van der Waals surface area contributed by atoms with Crippen molar-refractivity contribution in [1.82, 2.24) is 21.3 Å². The summed E-state index contributed by atoms with van der Waals surface area (Å²) in [6.45, 7) is 3.33. The van der Waals surface area contributed by atoms with Crippen molar-refractivity contribution in [1.29, 1.82) is 0 Å². The summed E-state index contributed by atoms with van der Waals surface area (Å²) >= 11 is 0. The second-order valence-corrected chi connectivity index (χ2v) is 6.15. The van der Waals surface area contributed by atoms with Crippen molar-refractivity contribution in [3.8, 4) is 0 Å². The molecule has 0 radical (unpaired) electrons. The predicted molar refractivity (Wildman–Crippen MR) is 95.8 cm³/mol. The molecule has 4 N–H and O–H groups in total. The minimum absolute atomic E-state index is 0.0582. The number of carbonyl (C=O) groups is 3. The number of nitrogens with one attached hydrogen (secondary N) is 4. The lowest BCUT2D eigenvalue weighted by Gasteiger charge is -2.22. The van der Waals surface area contributed by atoms with E-state index in [1.807, 2.05) is 14.1 Å². The number of ketones is 1. The molecule has 0 aromatic carbocycles. The Balaban J connectivity index is 4.46. The van der Waals surface area contributed by atoms with E-state index < -0.39 is 6.04 Å². The lowest BCUT2D eigenvalue weighted by Crippen LogP contribution is -2.48. The molecule has 140 valence electrons. The van der Waals surface area contributed by atoms with Gasteiger partial charge in [0.2, 0.25) is 12.3 Å². The molecule has 0 saturated heterocycles. The van der Waals surface area contributed by atoms with Gasteiger partial charge < -0.3 is 21.3 Å². The van der Waals surface area contributed by atoms with Gasteiger partial charge >= 0.3 is 0 Å². The van der Waals surface area contributed by atoms with Gasteiger partial charge in [0.05, 0.1) is 0 Å². The minimum atomic E-state index is -0.536. The summed E-state index contributed by atoms with van der Waals surface area (Å²) < 4.78 is 0. The molecule has 2 unspecified atom stereocenters. The first-order chi connectivity index (χ1) is 11.5. The quantitative estimate of drug-likeness (QED) is 0.239. The zero-order chi connectivity index (χ0) is 18.2. The van der Waals surface area contributed by atoms with E-state index in [2.05, 4.69) is 21.3 Å². The average Bonchev–Trinajstić information content (AvgIpc) is 2.53. The van der Waals surface area contributed by atoms with E-state index in [0.717, 1.165) is 45.2 Å². The van der Waals surface area contributed by atoms with Crippen molar-refractivity contribution < 1.29 is 14.4 Å². The molecule has 2 atom stereocenters. The summed E-state index contributed by atoms with van der Waals surface area (Å²) in [6.07, 6.45) is 5.99.